The molecule has 1 heterocycles. The largest absolute Gasteiger partial charge is 0.458 e. The lowest BCUT2D eigenvalue weighted by Crippen LogP contribution is -2.57. The number of carbonyl (C=O) groups is 5. The van der Waals surface area contributed by atoms with Crippen molar-refractivity contribution in [3.8, 4) is 0 Å². The molecule has 4 amide bonds. The van der Waals surface area contributed by atoms with Crippen LogP contribution in [0, 0.1) is 5.92 Å². The van der Waals surface area contributed by atoms with Crippen LogP contribution in [0.4, 0.5) is 9.59 Å². The third-order valence-corrected chi connectivity index (χ3v) is 7.67. The van der Waals surface area contributed by atoms with E-state index in [1.54, 1.807) is 34.6 Å². The molecule has 262 valence electrons. The number of ether oxygens (including phenoxy) is 3. The SMILES string of the molecule is CC(C)[C@H](NC(=O)[C@H](CCCCNC(=O)OCc1ccccc1)NC(=O)OCc1ccccc1)C(=O)N1CCC[C@H]1C(=O)OC(C)(C)C. The summed E-state index contributed by atoms with van der Waals surface area (Å²) in [7, 11) is 0. The molecule has 1 aliphatic rings. The maximum Gasteiger partial charge on any atom is 0.408 e. The number of carbonyl (C=O) groups excluding carboxylic acids is 5. The molecule has 0 aromatic heterocycles. The van der Waals surface area contributed by atoms with Crippen LogP contribution < -0.4 is 16.0 Å². The smallest absolute Gasteiger partial charge is 0.408 e. The van der Waals surface area contributed by atoms with Gasteiger partial charge < -0.3 is 35.1 Å². The van der Waals surface area contributed by atoms with Crippen LogP contribution in [0.1, 0.15) is 77.8 Å². The molecule has 12 heteroatoms. The zero-order valence-corrected chi connectivity index (χ0v) is 28.7. The normalized spacial score (nSPS) is 15.6. The van der Waals surface area contributed by atoms with E-state index in [9.17, 15) is 24.0 Å². The van der Waals surface area contributed by atoms with E-state index in [1.807, 2.05) is 60.7 Å². The number of rotatable bonds is 15. The Kier molecular flexibility index (Phi) is 14.7. The number of nitrogens with one attached hydrogen (secondary N) is 3. The van der Waals surface area contributed by atoms with Crippen molar-refractivity contribution < 1.29 is 38.2 Å². The standard InChI is InChI=1S/C36H50N4O8/c1-25(2)30(32(42)40-22-14-20-29(40)33(43)48-36(3,4)5)39-31(41)28(38-35(45)47-24-27-17-10-7-11-18-27)19-12-13-21-37-34(44)46-23-26-15-8-6-9-16-26/h6-11,15-18,25,28-30H,12-14,19-24H2,1-5H3,(H,37,44)(H,38,45)(H,39,41)/t28-,29-,30-/m0/s1. The highest BCUT2D eigenvalue weighted by molar-refractivity contribution is 5.93. The molecule has 12 nitrogen and oxygen atoms in total. The fourth-order valence-corrected chi connectivity index (χ4v) is 5.21. The summed E-state index contributed by atoms with van der Waals surface area (Å²) in [6.07, 6.45) is 0.964. The molecule has 1 aliphatic heterocycles. The maximum atomic E-state index is 13.8. The fraction of sp³-hybridized carbons (Fsp3) is 0.528. The summed E-state index contributed by atoms with van der Waals surface area (Å²) in [6.45, 7) is 9.77. The van der Waals surface area contributed by atoms with Gasteiger partial charge in [0.2, 0.25) is 11.8 Å². The van der Waals surface area contributed by atoms with Crippen molar-refractivity contribution in [1.29, 1.82) is 0 Å². The highest BCUT2D eigenvalue weighted by Crippen LogP contribution is 2.23. The molecule has 0 radical (unpaired) electrons. The Bertz CT molecular complexity index is 1350. The Morgan fingerprint density at radius 1 is 0.833 bits per heavy atom. The molecule has 3 atom stereocenters. The number of unbranched alkanes of at least 4 members (excludes halogenated alkanes) is 1. The number of benzene rings is 2. The van der Waals surface area contributed by atoms with E-state index in [1.165, 1.54) is 4.90 Å². The molecule has 0 saturated carbocycles. The minimum atomic E-state index is -1.02. The fourth-order valence-electron chi connectivity index (χ4n) is 5.21. The van der Waals surface area contributed by atoms with E-state index in [2.05, 4.69) is 16.0 Å². The number of alkyl carbamates (subject to hydrolysis) is 2. The number of amides is 4. The Labute approximate surface area is 283 Å². The van der Waals surface area contributed by atoms with Gasteiger partial charge in [0.05, 0.1) is 0 Å². The molecule has 2 aromatic carbocycles. The van der Waals surface area contributed by atoms with Crippen LogP contribution >= 0.6 is 0 Å². The van der Waals surface area contributed by atoms with Gasteiger partial charge in [-0.15, -0.1) is 0 Å². The van der Waals surface area contributed by atoms with E-state index in [0.717, 1.165) is 11.1 Å². The van der Waals surface area contributed by atoms with Crippen LogP contribution in [-0.2, 0) is 41.8 Å². The van der Waals surface area contributed by atoms with Gasteiger partial charge in [0.1, 0.15) is 36.9 Å². The first-order valence-corrected chi connectivity index (χ1v) is 16.6. The second-order valence-electron chi connectivity index (χ2n) is 13.2. The van der Waals surface area contributed by atoms with Crippen molar-refractivity contribution in [2.45, 2.75) is 104 Å². The van der Waals surface area contributed by atoms with Crippen molar-refractivity contribution >= 4 is 30.0 Å². The lowest BCUT2D eigenvalue weighted by atomic mass is 10.0. The average Bonchev–Trinajstić information content (AvgIpc) is 3.55. The number of hydrogen-bond acceptors (Lipinski definition) is 8. The summed E-state index contributed by atoms with van der Waals surface area (Å²) in [5.74, 6) is -1.71. The van der Waals surface area contributed by atoms with E-state index >= 15 is 0 Å². The summed E-state index contributed by atoms with van der Waals surface area (Å²) in [6, 6.07) is 15.8. The molecule has 0 spiro atoms. The lowest BCUT2D eigenvalue weighted by molar-refractivity contribution is -0.163. The molecule has 1 saturated heterocycles. The Morgan fingerprint density at radius 3 is 1.98 bits per heavy atom. The minimum absolute atomic E-state index is 0.0180. The third-order valence-electron chi connectivity index (χ3n) is 7.67. The molecule has 1 fully saturated rings. The van der Waals surface area contributed by atoms with E-state index in [4.69, 9.17) is 14.2 Å². The highest BCUT2D eigenvalue weighted by Gasteiger charge is 2.41. The quantitative estimate of drug-likeness (QED) is 0.139. The number of hydrogen-bond donors (Lipinski definition) is 3. The second kappa shape index (κ2) is 18.7. The molecule has 3 rings (SSSR count). The van der Waals surface area contributed by atoms with E-state index < -0.39 is 47.8 Å². The van der Waals surface area contributed by atoms with Crippen molar-refractivity contribution in [2.24, 2.45) is 5.92 Å². The maximum absolute atomic E-state index is 13.8. The van der Waals surface area contributed by atoms with Gasteiger partial charge in [-0.05, 0) is 69.9 Å². The van der Waals surface area contributed by atoms with Crippen LogP contribution in [-0.4, -0.2) is 71.7 Å². The topological polar surface area (TPSA) is 152 Å². The van der Waals surface area contributed by atoms with Crippen molar-refractivity contribution in [3.63, 3.8) is 0 Å². The van der Waals surface area contributed by atoms with Gasteiger partial charge in [-0.25, -0.2) is 14.4 Å². The van der Waals surface area contributed by atoms with Crippen LogP contribution in [0.3, 0.4) is 0 Å². The van der Waals surface area contributed by atoms with Crippen LogP contribution in [0.2, 0.25) is 0 Å². The summed E-state index contributed by atoms with van der Waals surface area (Å²) in [4.78, 5) is 66.7. The van der Waals surface area contributed by atoms with Crippen molar-refractivity contribution in [3.05, 3.63) is 71.8 Å². The Balaban J connectivity index is 1.60. The van der Waals surface area contributed by atoms with Gasteiger partial charge >= 0.3 is 18.2 Å². The van der Waals surface area contributed by atoms with Gasteiger partial charge in [-0.1, -0.05) is 74.5 Å². The molecule has 0 aliphatic carbocycles. The zero-order chi connectivity index (χ0) is 35.1. The first-order chi connectivity index (χ1) is 22.8. The molecule has 0 bridgehead atoms. The predicted molar refractivity (Wildman–Crippen MR) is 179 cm³/mol. The Morgan fingerprint density at radius 2 is 1.42 bits per heavy atom. The first kappa shape index (κ1) is 37.8. The number of likely N-dealkylation sites (tertiary alicyclic amines) is 1. The van der Waals surface area contributed by atoms with Gasteiger partial charge in [0.25, 0.3) is 0 Å². The van der Waals surface area contributed by atoms with Crippen LogP contribution in [0.25, 0.3) is 0 Å². The van der Waals surface area contributed by atoms with Crippen LogP contribution in [0.5, 0.6) is 0 Å². The molecule has 0 unspecified atom stereocenters. The third kappa shape index (κ3) is 12.9. The lowest BCUT2D eigenvalue weighted by Gasteiger charge is -2.32. The summed E-state index contributed by atoms with van der Waals surface area (Å²) < 4.78 is 16.2. The van der Waals surface area contributed by atoms with Gasteiger partial charge in [-0.3, -0.25) is 9.59 Å². The molecule has 48 heavy (non-hydrogen) atoms. The zero-order valence-electron chi connectivity index (χ0n) is 28.7. The predicted octanol–water partition coefficient (Wildman–Crippen LogP) is 4.85. The van der Waals surface area contributed by atoms with Gasteiger partial charge in [-0.2, -0.15) is 0 Å². The monoisotopic (exact) mass is 666 g/mol. The number of nitrogens with zero attached hydrogens (tertiary/aromatic N) is 1. The van der Waals surface area contributed by atoms with Gasteiger partial charge in [0.15, 0.2) is 0 Å². The van der Waals surface area contributed by atoms with Crippen LogP contribution in [0.15, 0.2) is 60.7 Å². The number of esters is 1. The summed E-state index contributed by atoms with van der Waals surface area (Å²) >= 11 is 0. The summed E-state index contributed by atoms with van der Waals surface area (Å²) in [5, 5.41) is 8.17. The minimum Gasteiger partial charge on any atom is -0.458 e. The molecular weight excluding hydrogens is 616 g/mol. The molecule has 2 aromatic rings. The van der Waals surface area contributed by atoms with E-state index in [0.29, 0.717) is 38.8 Å². The highest BCUT2D eigenvalue weighted by atomic mass is 16.6. The second-order valence-corrected chi connectivity index (χ2v) is 13.2. The van der Waals surface area contributed by atoms with Gasteiger partial charge in [0, 0.05) is 13.1 Å². The van der Waals surface area contributed by atoms with E-state index in [-0.39, 0.29) is 31.5 Å². The Hall–Kier alpha value is -4.61. The van der Waals surface area contributed by atoms with Crippen molar-refractivity contribution in [1.82, 2.24) is 20.9 Å². The molecule has 3 N–H and O–H groups in total. The molecular formula is C36H50N4O8. The first-order valence-electron chi connectivity index (χ1n) is 16.6. The summed E-state index contributed by atoms with van der Waals surface area (Å²) in [5.41, 5.74) is 0.955. The average molecular weight is 667 g/mol. The van der Waals surface area contributed by atoms with Crippen molar-refractivity contribution in [2.75, 3.05) is 13.1 Å².